The molecule has 0 bridgehead atoms. The van der Waals surface area contributed by atoms with Crippen LogP contribution in [0.1, 0.15) is 15.9 Å². The summed E-state index contributed by atoms with van der Waals surface area (Å²) in [6, 6.07) is 13.1. The van der Waals surface area contributed by atoms with Crippen molar-refractivity contribution < 1.29 is 19.0 Å². The first-order valence-electron chi connectivity index (χ1n) is 8.96. The van der Waals surface area contributed by atoms with E-state index in [0.29, 0.717) is 54.6 Å². The van der Waals surface area contributed by atoms with Gasteiger partial charge in [0.1, 0.15) is 6.07 Å². The van der Waals surface area contributed by atoms with Crippen LogP contribution in [0.2, 0.25) is 0 Å². The van der Waals surface area contributed by atoms with Crippen molar-refractivity contribution in [2.75, 3.05) is 52.4 Å². The minimum absolute atomic E-state index is 0.0903. The number of amides is 1. The normalized spacial score (nSPS) is 13.6. The van der Waals surface area contributed by atoms with E-state index in [1.165, 1.54) is 21.3 Å². The van der Waals surface area contributed by atoms with Crippen LogP contribution < -0.4 is 19.1 Å². The molecule has 0 N–H and O–H groups in total. The molecule has 1 amide bonds. The quantitative estimate of drug-likeness (QED) is 0.792. The van der Waals surface area contributed by atoms with Crippen LogP contribution in [0.5, 0.6) is 17.2 Å². The highest BCUT2D eigenvalue weighted by molar-refractivity contribution is 5.96. The van der Waals surface area contributed by atoms with Gasteiger partial charge in [0.05, 0.1) is 32.6 Å². The van der Waals surface area contributed by atoms with E-state index in [-0.39, 0.29) is 5.91 Å². The van der Waals surface area contributed by atoms with Crippen molar-refractivity contribution in [2.45, 2.75) is 0 Å². The Balaban J connectivity index is 1.76. The zero-order chi connectivity index (χ0) is 20.1. The molecule has 1 aliphatic rings. The summed E-state index contributed by atoms with van der Waals surface area (Å²) in [5.41, 5.74) is 2.04. The molecule has 0 aliphatic carbocycles. The monoisotopic (exact) mass is 381 g/mol. The molecule has 7 nitrogen and oxygen atoms in total. The van der Waals surface area contributed by atoms with E-state index < -0.39 is 0 Å². The van der Waals surface area contributed by atoms with Gasteiger partial charge in [0, 0.05) is 31.7 Å². The van der Waals surface area contributed by atoms with Gasteiger partial charge in [0.25, 0.3) is 5.91 Å². The molecule has 0 aromatic heterocycles. The number of para-hydroxylation sites is 1. The minimum Gasteiger partial charge on any atom is -0.493 e. The van der Waals surface area contributed by atoms with Crippen molar-refractivity contribution in [3.63, 3.8) is 0 Å². The summed E-state index contributed by atoms with van der Waals surface area (Å²) in [6.07, 6.45) is 0. The number of benzene rings is 2. The number of methoxy groups -OCH3 is 3. The Bertz CT molecular complexity index is 874. The number of anilines is 1. The van der Waals surface area contributed by atoms with E-state index in [2.05, 4.69) is 11.0 Å². The van der Waals surface area contributed by atoms with Gasteiger partial charge in [-0.05, 0) is 24.3 Å². The van der Waals surface area contributed by atoms with Gasteiger partial charge in [0.15, 0.2) is 11.5 Å². The summed E-state index contributed by atoms with van der Waals surface area (Å²) >= 11 is 0. The second-order valence-corrected chi connectivity index (χ2v) is 6.32. The highest BCUT2D eigenvalue weighted by atomic mass is 16.5. The number of carbonyl (C=O) groups is 1. The predicted octanol–water partition coefficient (Wildman–Crippen LogP) is 2.55. The van der Waals surface area contributed by atoms with E-state index in [0.717, 1.165) is 5.69 Å². The lowest BCUT2D eigenvalue weighted by atomic mass is 10.1. The van der Waals surface area contributed by atoms with Gasteiger partial charge < -0.3 is 24.0 Å². The van der Waals surface area contributed by atoms with Crippen LogP contribution >= 0.6 is 0 Å². The number of carbonyl (C=O) groups excluding carboxylic acids is 1. The van der Waals surface area contributed by atoms with Crippen LogP contribution in [0.4, 0.5) is 5.69 Å². The molecule has 1 heterocycles. The predicted molar refractivity (Wildman–Crippen MR) is 105 cm³/mol. The summed E-state index contributed by atoms with van der Waals surface area (Å²) in [5.74, 6) is 1.27. The van der Waals surface area contributed by atoms with Gasteiger partial charge in [-0.25, -0.2) is 0 Å². The summed E-state index contributed by atoms with van der Waals surface area (Å²) in [4.78, 5) is 16.9. The van der Waals surface area contributed by atoms with Crippen molar-refractivity contribution >= 4 is 11.6 Å². The molecule has 0 spiro atoms. The maximum Gasteiger partial charge on any atom is 0.254 e. The Hall–Kier alpha value is -3.40. The number of hydrogen-bond acceptors (Lipinski definition) is 6. The summed E-state index contributed by atoms with van der Waals surface area (Å²) in [7, 11) is 4.58. The lowest BCUT2D eigenvalue weighted by molar-refractivity contribution is 0.0746. The van der Waals surface area contributed by atoms with Crippen LogP contribution in [0.25, 0.3) is 0 Å². The lowest BCUT2D eigenvalue weighted by Gasteiger charge is -2.36. The Morgan fingerprint density at radius 2 is 1.57 bits per heavy atom. The van der Waals surface area contributed by atoms with Gasteiger partial charge in [-0.3, -0.25) is 4.79 Å². The van der Waals surface area contributed by atoms with Crippen molar-refractivity contribution in [3.8, 4) is 23.3 Å². The Kier molecular flexibility index (Phi) is 5.90. The number of rotatable bonds is 5. The van der Waals surface area contributed by atoms with Crippen molar-refractivity contribution in [1.82, 2.24) is 4.90 Å². The zero-order valence-electron chi connectivity index (χ0n) is 16.3. The Morgan fingerprint density at radius 3 is 2.11 bits per heavy atom. The van der Waals surface area contributed by atoms with Crippen molar-refractivity contribution in [2.24, 2.45) is 0 Å². The molecule has 0 atom stereocenters. The van der Waals surface area contributed by atoms with Gasteiger partial charge in [-0.2, -0.15) is 5.26 Å². The molecule has 0 radical (unpaired) electrons. The third kappa shape index (κ3) is 3.67. The molecule has 1 aliphatic heterocycles. The molecule has 2 aromatic carbocycles. The maximum absolute atomic E-state index is 13.0. The van der Waals surface area contributed by atoms with E-state index >= 15 is 0 Å². The van der Waals surface area contributed by atoms with Gasteiger partial charge in [0.2, 0.25) is 5.75 Å². The fourth-order valence-corrected chi connectivity index (χ4v) is 3.38. The molecule has 146 valence electrons. The second-order valence-electron chi connectivity index (χ2n) is 6.32. The summed E-state index contributed by atoms with van der Waals surface area (Å²) < 4.78 is 16.0. The van der Waals surface area contributed by atoms with Crippen LogP contribution in [-0.4, -0.2) is 58.3 Å². The van der Waals surface area contributed by atoms with Crippen molar-refractivity contribution in [3.05, 3.63) is 47.5 Å². The standard InChI is InChI=1S/C21H23N3O4/c1-26-18-12-16(13-19(27-2)20(18)28-3)21(25)24-10-8-23(9-11-24)17-7-5-4-6-15(17)14-22/h4-7,12-13H,8-11H2,1-3H3. The van der Waals surface area contributed by atoms with E-state index in [9.17, 15) is 10.1 Å². The average Bonchev–Trinajstić information content (AvgIpc) is 2.77. The average molecular weight is 381 g/mol. The number of hydrogen-bond donors (Lipinski definition) is 0. The molecule has 0 saturated carbocycles. The minimum atomic E-state index is -0.0903. The molecule has 1 saturated heterocycles. The topological polar surface area (TPSA) is 75.0 Å². The molecule has 0 unspecified atom stereocenters. The first-order chi connectivity index (χ1) is 13.6. The van der Waals surface area contributed by atoms with Crippen molar-refractivity contribution in [1.29, 1.82) is 5.26 Å². The lowest BCUT2D eigenvalue weighted by Crippen LogP contribution is -2.49. The van der Waals surface area contributed by atoms with Gasteiger partial charge in [-0.1, -0.05) is 12.1 Å². The van der Waals surface area contributed by atoms with Crippen LogP contribution in [-0.2, 0) is 0 Å². The van der Waals surface area contributed by atoms with E-state index in [1.807, 2.05) is 24.3 Å². The Morgan fingerprint density at radius 1 is 0.964 bits per heavy atom. The van der Waals surface area contributed by atoms with Gasteiger partial charge >= 0.3 is 0 Å². The molecule has 7 heteroatoms. The van der Waals surface area contributed by atoms with Crippen LogP contribution in [0.15, 0.2) is 36.4 Å². The SMILES string of the molecule is COc1cc(C(=O)N2CCN(c3ccccc3C#N)CC2)cc(OC)c1OC. The van der Waals surface area contributed by atoms with E-state index in [4.69, 9.17) is 14.2 Å². The fourth-order valence-electron chi connectivity index (χ4n) is 3.38. The van der Waals surface area contributed by atoms with Crippen LogP contribution in [0, 0.1) is 11.3 Å². The van der Waals surface area contributed by atoms with E-state index in [1.54, 1.807) is 17.0 Å². The highest BCUT2D eigenvalue weighted by Gasteiger charge is 2.25. The second kappa shape index (κ2) is 8.53. The molecule has 2 aromatic rings. The molecule has 28 heavy (non-hydrogen) atoms. The number of ether oxygens (including phenoxy) is 3. The molecule has 1 fully saturated rings. The maximum atomic E-state index is 13.0. The summed E-state index contributed by atoms with van der Waals surface area (Å²) in [6.45, 7) is 2.45. The molecular formula is C21H23N3O4. The van der Waals surface area contributed by atoms with Gasteiger partial charge in [-0.15, -0.1) is 0 Å². The zero-order valence-corrected chi connectivity index (χ0v) is 16.3. The fraction of sp³-hybridized carbons (Fsp3) is 0.333. The first kappa shape index (κ1) is 19.4. The first-order valence-corrected chi connectivity index (χ1v) is 8.96. The third-order valence-corrected chi connectivity index (χ3v) is 4.84. The molecule has 3 rings (SSSR count). The Labute approximate surface area is 164 Å². The third-order valence-electron chi connectivity index (χ3n) is 4.84. The smallest absolute Gasteiger partial charge is 0.254 e. The largest absolute Gasteiger partial charge is 0.493 e. The highest BCUT2D eigenvalue weighted by Crippen LogP contribution is 2.38. The van der Waals surface area contributed by atoms with Crippen LogP contribution in [0.3, 0.4) is 0 Å². The number of nitrogens with zero attached hydrogens (tertiary/aromatic N) is 3. The number of nitriles is 1. The number of piperazine rings is 1. The molecular weight excluding hydrogens is 358 g/mol. The summed E-state index contributed by atoms with van der Waals surface area (Å²) in [5, 5.41) is 9.30.